The summed E-state index contributed by atoms with van der Waals surface area (Å²) in [6.45, 7) is 3.12. The maximum Gasteiger partial charge on any atom is 0.350 e. The van der Waals surface area contributed by atoms with Crippen molar-refractivity contribution < 1.29 is 14.3 Å². The van der Waals surface area contributed by atoms with Gasteiger partial charge in [-0.2, -0.15) is 0 Å². The Balaban J connectivity index is 2.06. The van der Waals surface area contributed by atoms with E-state index < -0.39 is 0 Å². The van der Waals surface area contributed by atoms with Gasteiger partial charge in [0.25, 0.3) is 0 Å². The van der Waals surface area contributed by atoms with Crippen molar-refractivity contribution in [3.05, 3.63) is 15.6 Å². The van der Waals surface area contributed by atoms with Crippen LogP contribution in [0.4, 0.5) is 0 Å². The smallest absolute Gasteiger partial charge is 0.350 e. The summed E-state index contributed by atoms with van der Waals surface area (Å²) in [4.78, 5) is 16.4. The molecule has 1 fully saturated rings. The van der Waals surface area contributed by atoms with Gasteiger partial charge in [-0.25, -0.2) is 9.78 Å². The number of ether oxygens (including phenoxy) is 2. The van der Waals surface area contributed by atoms with Gasteiger partial charge in [-0.15, -0.1) is 11.3 Å². The molecule has 1 aromatic rings. The second kappa shape index (κ2) is 4.26. The Morgan fingerprint density at radius 2 is 2.47 bits per heavy atom. The first-order valence-electron chi connectivity index (χ1n) is 4.66. The molecule has 6 heteroatoms. The standard InChI is InChI=1S/C9H12N2O3S/c1-5-8(15-7(2-10)11-5)9(12)14-6-3-13-4-6/h6H,2-4,10H2,1H3. The van der Waals surface area contributed by atoms with Crippen LogP contribution in [0.5, 0.6) is 0 Å². The number of rotatable bonds is 3. The van der Waals surface area contributed by atoms with Gasteiger partial charge in [-0.3, -0.25) is 0 Å². The van der Waals surface area contributed by atoms with E-state index in [0.29, 0.717) is 30.3 Å². The Hall–Kier alpha value is -0.980. The number of esters is 1. The SMILES string of the molecule is Cc1nc(CN)sc1C(=O)OC1COC1. The lowest BCUT2D eigenvalue weighted by Crippen LogP contribution is -2.37. The van der Waals surface area contributed by atoms with E-state index in [2.05, 4.69) is 4.98 Å². The van der Waals surface area contributed by atoms with Gasteiger partial charge in [-0.1, -0.05) is 0 Å². The van der Waals surface area contributed by atoms with Gasteiger partial charge in [0.15, 0.2) is 0 Å². The molecule has 0 aromatic carbocycles. The maximum absolute atomic E-state index is 11.6. The predicted molar refractivity (Wildman–Crippen MR) is 54.8 cm³/mol. The van der Waals surface area contributed by atoms with Crippen molar-refractivity contribution in [2.24, 2.45) is 5.73 Å². The molecular weight excluding hydrogens is 216 g/mol. The number of nitrogens with zero attached hydrogens (tertiary/aromatic N) is 1. The van der Waals surface area contributed by atoms with E-state index >= 15 is 0 Å². The number of carbonyl (C=O) groups excluding carboxylic acids is 1. The zero-order chi connectivity index (χ0) is 10.8. The number of aryl methyl sites for hydroxylation is 1. The molecule has 0 aliphatic carbocycles. The fraction of sp³-hybridized carbons (Fsp3) is 0.556. The summed E-state index contributed by atoms with van der Waals surface area (Å²) in [6.07, 6.45) is -0.0969. The third-order valence-electron chi connectivity index (χ3n) is 2.08. The minimum absolute atomic E-state index is 0.0969. The van der Waals surface area contributed by atoms with Crippen molar-refractivity contribution in [1.29, 1.82) is 0 Å². The Labute approximate surface area is 91.2 Å². The maximum atomic E-state index is 11.6. The summed E-state index contributed by atoms with van der Waals surface area (Å²) < 4.78 is 10.1. The summed E-state index contributed by atoms with van der Waals surface area (Å²) in [5.74, 6) is -0.321. The molecule has 0 amide bonds. The zero-order valence-corrected chi connectivity index (χ0v) is 9.17. The molecular formula is C9H12N2O3S. The zero-order valence-electron chi connectivity index (χ0n) is 8.36. The van der Waals surface area contributed by atoms with Crippen LogP contribution in [0.15, 0.2) is 0 Å². The molecule has 0 atom stereocenters. The molecule has 1 aromatic heterocycles. The van der Waals surface area contributed by atoms with Gasteiger partial charge >= 0.3 is 5.97 Å². The first-order valence-corrected chi connectivity index (χ1v) is 5.47. The van der Waals surface area contributed by atoms with Gasteiger partial charge in [0.2, 0.25) is 0 Å². The highest BCUT2D eigenvalue weighted by molar-refractivity contribution is 7.13. The monoisotopic (exact) mass is 228 g/mol. The summed E-state index contributed by atoms with van der Waals surface area (Å²) in [7, 11) is 0. The van der Waals surface area contributed by atoms with Crippen molar-refractivity contribution in [2.45, 2.75) is 19.6 Å². The molecule has 1 saturated heterocycles. The summed E-state index contributed by atoms with van der Waals surface area (Å²) in [5.41, 5.74) is 6.13. The molecule has 0 spiro atoms. The first-order chi connectivity index (χ1) is 7.20. The number of hydrogen-bond donors (Lipinski definition) is 1. The highest BCUT2D eigenvalue weighted by Crippen LogP contribution is 2.20. The third kappa shape index (κ3) is 2.17. The van der Waals surface area contributed by atoms with Gasteiger partial charge < -0.3 is 15.2 Å². The van der Waals surface area contributed by atoms with E-state index in [4.69, 9.17) is 15.2 Å². The second-order valence-electron chi connectivity index (χ2n) is 3.29. The van der Waals surface area contributed by atoms with E-state index in [9.17, 15) is 4.79 Å². The topological polar surface area (TPSA) is 74.4 Å². The number of aromatic nitrogens is 1. The van der Waals surface area contributed by atoms with Crippen LogP contribution >= 0.6 is 11.3 Å². The number of hydrogen-bond acceptors (Lipinski definition) is 6. The van der Waals surface area contributed by atoms with Crippen LogP contribution in [0.3, 0.4) is 0 Å². The Bertz CT molecular complexity index is 373. The normalized spacial score (nSPS) is 16.1. The van der Waals surface area contributed by atoms with Crippen LogP contribution in [0, 0.1) is 6.92 Å². The highest BCUT2D eigenvalue weighted by atomic mass is 32.1. The van der Waals surface area contributed by atoms with E-state index in [1.807, 2.05) is 0 Å². The highest BCUT2D eigenvalue weighted by Gasteiger charge is 2.25. The molecule has 1 aliphatic rings. The molecule has 2 heterocycles. The summed E-state index contributed by atoms with van der Waals surface area (Å²) >= 11 is 1.29. The predicted octanol–water partition coefficient (Wildman–Crippen LogP) is 0.466. The average molecular weight is 228 g/mol. The molecule has 0 saturated carbocycles. The van der Waals surface area contributed by atoms with Gasteiger partial charge in [0.1, 0.15) is 16.0 Å². The fourth-order valence-corrected chi connectivity index (χ4v) is 2.04. The van der Waals surface area contributed by atoms with Crippen LogP contribution in [0.25, 0.3) is 0 Å². The van der Waals surface area contributed by atoms with Crippen LogP contribution in [-0.4, -0.2) is 30.3 Å². The number of nitrogens with two attached hydrogens (primary N) is 1. The minimum atomic E-state index is -0.321. The molecule has 0 unspecified atom stereocenters. The molecule has 82 valence electrons. The third-order valence-corrected chi connectivity index (χ3v) is 3.24. The van der Waals surface area contributed by atoms with Gasteiger partial charge in [0.05, 0.1) is 18.9 Å². The molecule has 1 aliphatic heterocycles. The lowest BCUT2D eigenvalue weighted by atomic mass is 10.3. The summed E-state index contributed by atoms with van der Waals surface area (Å²) in [6, 6.07) is 0. The lowest BCUT2D eigenvalue weighted by Gasteiger charge is -2.25. The van der Waals surface area contributed by atoms with E-state index in [-0.39, 0.29) is 12.1 Å². The quantitative estimate of drug-likeness (QED) is 0.761. The van der Waals surface area contributed by atoms with Crippen LogP contribution < -0.4 is 5.73 Å². The van der Waals surface area contributed by atoms with Crippen LogP contribution in [0.1, 0.15) is 20.4 Å². The molecule has 15 heavy (non-hydrogen) atoms. The van der Waals surface area contributed by atoms with E-state index in [1.165, 1.54) is 11.3 Å². The average Bonchev–Trinajstić information content (AvgIpc) is 2.53. The van der Waals surface area contributed by atoms with Crippen LogP contribution in [-0.2, 0) is 16.0 Å². The Morgan fingerprint density at radius 3 is 2.93 bits per heavy atom. The van der Waals surface area contributed by atoms with Crippen molar-refractivity contribution in [3.63, 3.8) is 0 Å². The van der Waals surface area contributed by atoms with Crippen molar-refractivity contribution in [2.75, 3.05) is 13.2 Å². The Kier molecular flexibility index (Phi) is 2.99. The molecule has 2 rings (SSSR count). The molecule has 2 N–H and O–H groups in total. The Morgan fingerprint density at radius 1 is 1.73 bits per heavy atom. The number of thiazole rings is 1. The minimum Gasteiger partial charge on any atom is -0.453 e. The van der Waals surface area contributed by atoms with Gasteiger partial charge in [0, 0.05) is 6.54 Å². The fourth-order valence-electron chi connectivity index (χ4n) is 1.22. The van der Waals surface area contributed by atoms with Crippen LogP contribution in [0.2, 0.25) is 0 Å². The largest absolute Gasteiger partial charge is 0.453 e. The lowest BCUT2D eigenvalue weighted by molar-refractivity contribution is -0.103. The number of carbonyl (C=O) groups is 1. The van der Waals surface area contributed by atoms with Gasteiger partial charge in [-0.05, 0) is 6.92 Å². The van der Waals surface area contributed by atoms with Crippen molar-refractivity contribution >= 4 is 17.3 Å². The molecule has 0 radical (unpaired) electrons. The molecule has 0 bridgehead atoms. The summed E-state index contributed by atoms with van der Waals surface area (Å²) in [5, 5.41) is 0.754. The van der Waals surface area contributed by atoms with E-state index in [1.54, 1.807) is 6.92 Å². The second-order valence-corrected chi connectivity index (χ2v) is 4.37. The van der Waals surface area contributed by atoms with Crippen molar-refractivity contribution in [3.8, 4) is 0 Å². The first kappa shape index (κ1) is 10.5. The molecule has 5 nitrogen and oxygen atoms in total. The van der Waals surface area contributed by atoms with Crippen molar-refractivity contribution in [1.82, 2.24) is 4.98 Å². The van der Waals surface area contributed by atoms with E-state index in [0.717, 1.165) is 5.01 Å².